The number of halogens is 2. The molecule has 1 aromatic carbocycles. The molecule has 112 valence electrons. The molecule has 0 amide bonds. The Morgan fingerprint density at radius 2 is 2.05 bits per heavy atom. The van der Waals surface area contributed by atoms with Gasteiger partial charge in [0.1, 0.15) is 5.69 Å². The Labute approximate surface area is 145 Å². The summed E-state index contributed by atoms with van der Waals surface area (Å²) >= 11 is 5.87. The van der Waals surface area contributed by atoms with Crippen molar-refractivity contribution >= 4 is 38.5 Å². The normalized spacial score (nSPS) is 12.0. The maximum absolute atomic E-state index is 5.35. The molecule has 0 saturated heterocycles. The molecule has 2 aromatic rings. The zero-order valence-electron chi connectivity index (χ0n) is 11.9. The fraction of sp³-hybridized carbons (Fsp3) is 0.286. The van der Waals surface area contributed by atoms with Gasteiger partial charge in [-0.25, -0.2) is 4.98 Å². The lowest BCUT2D eigenvalue weighted by Gasteiger charge is -2.20. The van der Waals surface area contributed by atoms with Gasteiger partial charge in [0.05, 0.1) is 26.5 Å². The van der Waals surface area contributed by atoms with Crippen LogP contribution in [0.25, 0.3) is 0 Å². The smallest absolute Gasteiger partial charge is 0.240 e. The summed E-state index contributed by atoms with van der Waals surface area (Å²) in [7, 11) is 5.00. The summed E-state index contributed by atoms with van der Waals surface area (Å²) in [6.45, 7) is 0. The molecule has 2 rings (SSSR count). The van der Waals surface area contributed by atoms with Gasteiger partial charge >= 0.3 is 0 Å². The largest absolute Gasteiger partial charge is 0.480 e. The van der Waals surface area contributed by atoms with Crippen molar-refractivity contribution in [1.29, 1.82) is 0 Å². The SMILES string of the molecule is CNC(c1cc(I)ccc1Br)c1ncc(OC)nc1OC. The predicted molar refractivity (Wildman–Crippen MR) is 92.9 cm³/mol. The van der Waals surface area contributed by atoms with Crippen LogP contribution in [0, 0.1) is 3.57 Å². The van der Waals surface area contributed by atoms with Gasteiger partial charge in [-0.05, 0) is 53.4 Å². The number of methoxy groups -OCH3 is 2. The van der Waals surface area contributed by atoms with Crippen molar-refractivity contribution in [2.24, 2.45) is 0 Å². The minimum absolute atomic E-state index is 0.137. The molecule has 0 aliphatic heterocycles. The van der Waals surface area contributed by atoms with Gasteiger partial charge in [-0.1, -0.05) is 15.9 Å². The Morgan fingerprint density at radius 3 is 2.67 bits per heavy atom. The number of hydrogen-bond donors (Lipinski definition) is 1. The average molecular weight is 464 g/mol. The zero-order chi connectivity index (χ0) is 15.4. The maximum atomic E-state index is 5.35. The van der Waals surface area contributed by atoms with Gasteiger partial charge in [0, 0.05) is 8.04 Å². The predicted octanol–water partition coefficient (Wildman–Crippen LogP) is 3.17. The van der Waals surface area contributed by atoms with Gasteiger partial charge in [0.2, 0.25) is 11.8 Å². The summed E-state index contributed by atoms with van der Waals surface area (Å²) in [4.78, 5) is 8.73. The summed E-state index contributed by atoms with van der Waals surface area (Å²) in [5.41, 5.74) is 1.78. The summed E-state index contributed by atoms with van der Waals surface area (Å²) in [6, 6.07) is 6.02. The lowest BCUT2D eigenvalue weighted by molar-refractivity contribution is 0.353. The van der Waals surface area contributed by atoms with E-state index in [9.17, 15) is 0 Å². The minimum Gasteiger partial charge on any atom is -0.480 e. The topological polar surface area (TPSA) is 56.3 Å². The number of aromatic nitrogens is 2. The van der Waals surface area contributed by atoms with E-state index in [0.29, 0.717) is 17.5 Å². The molecular weight excluding hydrogens is 449 g/mol. The van der Waals surface area contributed by atoms with E-state index in [2.05, 4.69) is 59.9 Å². The third-order valence-corrected chi connectivity index (χ3v) is 4.37. The molecule has 0 aliphatic rings. The van der Waals surface area contributed by atoms with Crippen LogP contribution < -0.4 is 14.8 Å². The molecule has 5 nitrogen and oxygen atoms in total. The van der Waals surface area contributed by atoms with E-state index >= 15 is 0 Å². The highest BCUT2D eigenvalue weighted by Gasteiger charge is 2.22. The number of ether oxygens (including phenoxy) is 2. The summed E-state index contributed by atoms with van der Waals surface area (Å²) in [5.74, 6) is 0.867. The molecule has 1 atom stereocenters. The molecule has 21 heavy (non-hydrogen) atoms. The Hall–Kier alpha value is -0.930. The third kappa shape index (κ3) is 3.64. The molecule has 1 aromatic heterocycles. The first kappa shape index (κ1) is 16.4. The molecule has 0 spiro atoms. The van der Waals surface area contributed by atoms with Gasteiger partial charge < -0.3 is 14.8 Å². The van der Waals surface area contributed by atoms with Crippen molar-refractivity contribution in [1.82, 2.24) is 15.3 Å². The highest BCUT2D eigenvalue weighted by molar-refractivity contribution is 14.1. The Balaban J connectivity index is 2.53. The molecule has 0 saturated carbocycles. The van der Waals surface area contributed by atoms with Gasteiger partial charge in [-0.15, -0.1) is 0 Å². The van der Waals surface area contributed by atoms with E-state index in [1.54, 1.807) is 20.4 Å². The molecule has 1 unspecified atom stereocenters. The molecule has 0 fully saturated rings. The Bertz CT molecular complexity index is 640. The minimum atomic E-state index is -0.137. The molecule has 0 bridgehead atoms. The van der Waals surface area contributed by atoms with E-state index in [4.69, 9.17) is 9.47 Å². The molecule has 0 radical (unpaired) electrons. The summed E-state index contributed by atoms with van der Waals surface area (Å²) < 4.78 is 12.6. The first-order chi connectivity index (χ1) is 10.1. The van der Waals surface area contributed by atoms with Crippen LogP contribution in [0.1, 0.15) is 17.3 Å². The third-order valence-electron chi connectivity index (χ3n) is 2.98. The average Bonchev–Trinajstić information content (AvgIpc) is 2.51. The zero-order valence-corrected chi connectivity index (χ0v) is 15.6. The van der Waals surface area contributed by atoms with E-state index < -0.39 is 0 Å². The van der Waals surface area contributed by atoms with Crippen molar-refractivity contribution in [3.63, 3.8) is 0 Å². The lowest BCUT2D eigenvalue weighted by atomic mass is 10.0. The van der Waals surface area contributed by atoms with Crippen LogP contribution in [0.3, 0.4) is 0 Å². The van der Waals surface area contributed by atoms with Crippen molar-refractivity contribution in [3.05, 3.63) is 43.7 Å². The second-order valence-corrected chi connectivity index (χ2v) is 6.29. The Morgan fingerprint density at radius 1 is 1.29 bits per heavy atom. The maximum Gasteiger partial charge on any atom is 0.240 e. The monoisotopic (exact) mass is 463 g/mol. The first-order valence-electron chi connectivity index (χ1n) is 6.17. The highest BCUT2D eigenvalue weighted by atomic mass is 127. The van der Waals surface area contributed by atoms with Crippen LogP contribution in [0.2, 0.25) is 0 Å². The van der Waals surface area contributed by atoms with Crippen molar-refractivity contribution in [3.8, 4) is 11.8 Å². The molecule has 1 N–H and O–H groups in total. The second kappa shape index (κ2) is 7.37. The number of hydrogen-bond acceptors (Lipinski definition) is 5. The first-order valence-corrected chi connectivity index (χ1v) is 8.05. The van der Waals surface area contributed by atoms with Crippen LogP contribution in [0.15, 0.2) is 28.9 Å². The van der Waals surface area contributed by atoms with Crippen molar-refractivity contribution < 1.29 is 9.47 Å². The van der Waals surface area contributed by atoms with Gasteiger partial charge in [-0.3, -0.25) is 0 Å². The number of nitrogens with zero attached hydrogens (tertiary/aromatic N) is 2. The van der Waals surface area contributed by atoms with Crippen LogP contribution in [0.5, 0.6) is 11.8 Å². The van der Waals surface area contributed by atoms with E-state index in [1.807, 2.05) is 19.2 Å². The van der Waals surface area contributed by atoms with Crippen molar-refractivity contribution in [2.45, 2.75) is 6.04 Å². The van der Waals surface area contributed by atoms with Gasteiger partial charge in [-0.2, -0.15) is 4.98 Å². The standard InChI is InChI=1S/C14H15BrIN3O2/c1-17-12(9-6-8(16)4-5-10(9)15)13-14(21-3)19-11(20-2)7-18-13/h4-7,12,17H,1-3H3. The number of rotatable bonds is 5. The summed E-state index contributed by atoms with van der Waals surface area (Å²) in [6.07, 6.45) is 1.59. The van der Waals surface area contributed by atoms with E-state index in [0.717, 1.165) is 13.6 Å². The lowest BCUT2D eigenvalue weighted by Crippen LogP contribution is -2.21. The van der Waals surface area contributed by atoms with Crippen LogP contribution in [0.4, 0.5) is 0 Å². The second-order valence-electron chi connectivity index (χ2n) is 4.19. The molecule has 0 aliphatic carbocycles. The highest BCUT2D eigenvalue weighted by Crippen LogP contribution is 2.33. The van der Waals surface area contributed by atoms with E-state index in [-0.39, 0.29) is 6.04 Å². The fourth-order valence-corrected chi connectivity index (χ4v) is 2.98. The van der Waals surface area contributed by atoms with Crippen LogP contribution in [-0.2, 0) is 0 Å². The summed E-state index contributed by atoms with van der Waals surface area (Å²) in [5, 5.41) is 3.26. The quantitative estimate of drug-likeness (QED) is 0.690. The Kier molecular flexibility index (Phi) is 5.77. The van der Waals surface area contributed by atoms with Crippen LogP contribution in [-0.4, -0.2) is 31.2 Å². The van der Waals surface area contributed by atoms with Crippen molar-refractivity contribution in [2.75, 3.05) is 21.3 Å². The number of benzene rings is 1. The van der Waals surface area contributed by atoms with Gasteiger partial charge in [0.15, 0.2) is 0 Å². The van der Waals surface area contributed by atoms with Crippen LogP contribution >= 0.6 is 38.5 Å². The fourth-order valence-electron chi connectivity index (χ4n) is 1.99. The molecule has 1 heterocycles. The molecule has 7 heteroatoms. The van der Waals surface area contributed by atoms with Gasteiger partial charge in [0.25, 0.3) is 0 Å². The molecular formula is C14H15BrIN3O2. The number of nitrogens with one attached hydrogen (secondary N) is 1. The van der Waals surface area contributed by atoms with E-state index in [1.165, 1.54) is 0 Å².